The molecule has 0 bridgehead atoms. The van der Waals surface area contributed by atoms with Crippen molar-refractivity contribution in [1.82, 2.24) is 19.3 Å². The summed E-state index contributed by atoms with van der Waals surface area (Å²) in [6, 6.07) is 21.1. The molecule has 0 aliphatic carbocycles. The van der Waals surface area contributed by atoms with Crippen molar-refractivity contribution in [2.24, 2.45) is 0 Å². The van der Waals surface area contributed by atoms with E-state index in [1.807, 2.05) is 78.4 Å². The van der Waals surface area contributed by atoms with Gasteiger partial charge in [-0.1, -0.05) is 48.0 Å². The van der Waals surface area contributed by atoms with Crippen LogP contribution in [-0.2, 0) is 17.9 Å². The Morgan fingerprint density at radius 1 is 1.02 bits per heavy atom. The number of aromatic nitrogens is 4. The largest absolute Gasteiger partial charge is 0.497 e. The standard InChI is InChI=1S/C30H27ClN4O4S/c1-4-35-28(20-13-22(38-2)16-23(14-20)39-3)32-33-30(35)40-27(29(36)37)15-21-18-34(26-12-8-6-10-24(21)26)17-19-9-5-7-11-25(19)31/h5-16,18H,4,17H2,1-3H3,(H,36,37)/b27-15-. The average molecular weight is 575 g/mol. The SMILES string of the molecule is CCn1c(S/C(=C\c2cn(Cc3ccccc3Cl)c3ccccc23)C(=O)O)nnc1-c1cc(OC)cc(OC)c1. The van der Waals surface area contributed by atoms with Gasteiger partial charge in [0.2, 0.25) is 0 Å². The smallest absolute Gasteiger partial charge is 0.342 e. The van der Waals surface area contributed by atoms with Gasteiger partial charge in [0.05, 0.1) is 14.2 Å². The molecule has 0 saturated carbocycles. The van der Waals surface area contributed by atoms with E-state index in [1.54, 1.807) is 26.4 Å². The Kier molecular flexibility index (Phi) is 8.14. The summed E-state index contributed by atoms with van der Waals surface area (Å²) in [6.45, 7) is 3.05. The van der Waals surface area contributed by atoms with Gasteiger partial charge < -0.3 is 23.7 Å². The Bertz CT molecular complexity index is 1700. The number of carboxylic acids is 1. The molecule has 0 aliphatic heterocycles. The molecule has 5 aromatic rings. The third-order valence-corrected chi connectivity index (χ3v) is 7.82. The maximum Gasteiger partial charge on any atom is 0.342 e. The van der Waals surface area contributed by atoms with E-state index in [2.05, 4.69) is 14.8 Å². The number of hydrogen-bond donors (Lipinski definition) is 1. The van der Waals surface area contributed by atoms with Crippen LogP contribution in [0.3, 0.4) is 0 Å². The summed E-state index contributed by atoms with van der Waals surface area (Å²) in [5.74, 6) is 0.772. The highest BCUT2D eigenvalue weighted by molar-refractivity contribution is 8.04. The Morgan fingerprint density at radius 3 is 2.40 bits per heavy atom. The molecule has 0 radical (unpaired) electrons. The molecule has 0 amide bonds. The Hall–Kier alpha value is -4.21. The molecule has 0 fully saturated rings. The zero-order valence-electron chi connectivity index (χ0n) is 22.2. The highest BCUT2D eigenvalue weighted by Crippen LogP contribution is 2.35. The Morgan fingerprint density at radius 2 is 1.73 bits per heavy atom. The number of carbonyl (C=O) groups is 1. The van der Waals surface area contributed by atoms with E-state index >= 15 is 0 Å². The number of nitrogens with zero attached hydrogens (tertiary/aromatic N) is 4. The topological polar surface area (TPSA) is 91.4 Å². The van der Waals surface area contributed by atoms with Crippen molar-refractivity contribution in [3.05, 3.63) is 94.0 Å². The number of hydrogen-bond acceptors (Lipinski definition) is 6. The van der Waals surface area contributed by atoms with E-state index in [1.165, 1.54) is 0 Å². The van der Waals surface area contributed by atoms with E-state index in [0.717, 1.165) is 39.4 Å². The lowest BCUT2D eigenvalue weighted by molar-refractivity contribution is -0.131. The molecule has 0 unspecified atom stereocenters. The zero-order valence-corrected chi connectivity index (χ0v) is 23.7. The third kappa shape index (κ3) is 5.57. The van der Waals surface area contributed by atoms with Crippen LogP contribution in [0.2, 0.25) is 5.02 Å². The van der Waals surface area contributed by atoms with Crippen molar-refractivity contribution in [3.63, 3.8) is 0 Å². The van der Waals surface area contributed by atoms with E-state index in [0.29, 0.717) is 40.6 Å². The second-order valence-corrected chi connectivity index (χ2v) is 10.3. The number of carboxylic acid groups (broad SMARTS) is 1. The number of benzene rings is 3. The van der Waals surface area contributed by atoms with Crippen LogP contribution in [0.4, 0.5) is 0 Å². The van der Waals surface area contributed by atoms with Gasteiger partial charge in [0, 0.05) is 52.4 Å². The molecule has 0 spiro atoms. The van der Waals surface area contributed by atoms with E-state index in [4.69, 9.17) is 21.1 Å². The zero-order chi connectivity index (χ0) is 28.2. The summed E-state index contributed by atoms with van der Waals surface area (Å²) in [4.78, 5) is 12.5. The number of para-hydroxylation sites is 1. The second kappa shape index (κ2) is 11.9. The molecule has 2 aromatic heterocycles. The first kappa shape index (κ1) is 27.4. The average Bonchev–Trinajstić information content (AvgIpc) is 3.54. The number of halogens is 1. The van der Waals surface area contributed by atoms with Crippen molar-refractivity contribution >= 4 is 46.3 Å². The lowest BCUT2D eigenvalue weighted by Crippen LogP contribution is -2.03. The van der Waals surface area contributed by atoms with Gasteiger partial charge >= 0.3 is 5.97 Å². The Balaban J connectivity index is 1.53. The molecular formula is C30H27ClN4O4S. The molecule has 0 saturated heterocycles. The van der Waals surface area contributed by atoms with Crippen molar-refractivity contribution in [1.29, 1.82) is 0 Å². The molecule has 8 nitrogen and oxygen atoms in total. The van der Waals surface area contributed by atoms with E-state index in [9.17, 15) is 9.90 Å². The quantitative estimate of drug-likeness (QED) is 0.144. The molecule has 10 heteroatoms. The van der Waals surface area contributed by atoms with Crippen LogP contribution in [0.15, 0.2) is 83.0 Å². The highest BCUT2D eigenvalue weighted by Gasteiger charge is 2.20. The third-order valence-electron chi connectivity index (χ3n) is 6.46. The molecule has 2 heterocycles. The van der Waals surface area contributed by atoms with Gasteiger partial charge in [0.15, 0.2) is 11.0 Å². The van der Waals surface area contributed by atoms with Crippen LogP contribution < -0.4 is 9.47 Å². The summed E-state index contributed by atoms with van der Waals surface area (Å²) < 4.78 is 14.8. The molecule has 5 rings (SSSR count). The van der Waals surface area contributed by atoms with Crippen molar-refractivity contribution in [2.45, 2.75) is 25.2 Å². The fraction of sp³-hybridized carbons (Fsp3) is 0.167. The van der Waals surface area contributed by atoms with Crippen LogP contribution in [0, 0.1) is 0 Å². The number of fused-ring (bicyclic) bond motifs is 1. The summed E-state index contributed by atoms with van der Waals surface area (Å²) >= 11 is 7.48. The Labute approximate surface area is 240 Å². The van der Waals surface area contributed by atoms with Crippen LogP contribution in [0.1, 0.15) is 18.1 Å². The van der Waals surface area contributed by atoms with E-state index in [-0.39, 0.29) is 4.91 Å². The van der Waals surface area contributed by atoms with Gasteiger partial charge in [0.25, 0.3) is 0 Å². The monoisotopic (exact) mass is 574 g/mol. The maximum absolute atomic E-state index is 12.4. The minimum Gasteiger partial charge on any atom is -0.497 e. The van der Waals surface area contributed by atoms with Gasteiger partial charge in [-0.25, -0.2) is 4.79 Å². The fourth-order valence-corrected chi connectivity index (χ4v) is 5.58. The second-order valence-electron chi connectivity index (χ2n) is 8.89. The van der Waals surface area contributed by atoms with E-state index < -0.39 is 5.97 Å². The number of methoxy groups -OCH3 is 2. The lowest BCUT2D eigenvalue weighted by Gasteiger charge is -2.10. The molecule has 0 aliphatic rings. The molecule has 1 N–H and O–H groups in total. The van der Waals surface area contributed by atoms with Crippen LogP contribution in [0.5, 0.6) is 11.5 Å². The highest BCUT2D eigenvalue weighted by atomic mass is 35.5. The van der Waals surface area contributed by atoms with Gasteiger partial charge in [-0.3, -0.25) is 0 Å². The molecule has 204 valence electrons. The van der Waals surface area contributed by atoms with Crippen LogP contribution in [0.25, 0.3) is 28.4 Å². The van der Waals surface area contributed by atoms with Crippen molar-refractivity contribution in [3.8, 4) is 22.9 Å². The predicted molar refractivity (Wildman–Crippen MR) is 158 cm³/mol. The van der Waals surface area contributed by atoms with Crippen molar-refractivity contribution < 1.29 is 19.4 Å². The van der Waals surface area contributed by atoms with Gasteiger partial charge in [0.1, 0.15) is 16.4 Å². The summed E-state index contributed by atoms with van der Waals surface area (Å²) in [6.07, 6.45) is 3.64. The normalized spacial score (nSPS) is 11.7. The molecule has 0 atom stereocenters. The number of thioether (sulfide) groups is 1. The fourth-order valence-electron chi connectivity index (χ4n) is 4.50. The minimum absolute atomic E-state index is 0.123. The molecular weight excluding hydrogens is 548 g/mol. The first-order valence-corrected chi connectivity index (χ1v) is 13.7. The summed E-state index contributed by atoms with van der Waals surface area (Å²) in [5, 5.41) is 21.0. The number of ether oxygens (including phenoxy) is 2. The number of aliphatic carboxylic acids is 1. The lowest BCUT2D eigenvalue weighted by atomic mass is 10.1. The van der Waals surface area contributed by atoms with Gasteiger partial charge in [-0.2, -0.15) is 0 Å². The molecule has 3 aromatic carbocycles. The summed E-state index contributed by atoms with van der Waals surface area (Å²) in [5.41, 5.74) is 3.49. The maximum atomic E-state index is 12.4. The minimum atomic E-state index is -1.05. The van der Waals surface area contributed by atoms with Crippen LogP contribution >= 0.6 is 23.4 Å². The first-order valence-electron chi connectivity index (χ1n) is 12.5. The van der Waals surface area contributed by atoms with Gasteiger partial charge in [-0.15, -0.1) is 10.2 Å². The predicted octanol–water partition coefficient (Wildman–Crippen LogP) is 6.86. The first-order chi connectivity index (χ1) is 19.4. The van der Waals surface area contributed by atoms with Crippen LogP contribution in [-0.4, -0.2) is 44.6 Å². The molecule has 40 heavy (non-hydrogen) atoms. The van der Waals surface area contributed by atoms with Crippen molar-refractivity contribution in [2.75, 3.05) is 14.2 Å². The van der Waals surface area contributed by atoms with Gasteiger partial charge in [-0.05, 0) is 54.6 Å². The number of rotatable bonds is 10. The summed E-state index contributed by atoms with van der Waals surface area (Å²) in [7, 11) is 3.17.